The number of hydrogen-bond donors (Lipinski definition) is 1. The number of H-pyrrole nitrogens is 1. The quantitative estimate of drug-likeness (QED) is 0.516. The molecule has 1 fully saturated rings. The molecule has 10 heteroatoms. The number of aromatic nitrogens is 4. The molecule has 9 nitrogen and oxygen atoms in total. The van der Waals surface area contributed by atoms with E-state index in [1.54, 1.807) is 48.6 Å². The summed E-state index contributed by atoms with van der Waals surface area (Å²) in [7, 11) is 1.54. The van der Waals surface area contributed by atoms with Gasteiger partial charge in [0.2, 0.25) is 5.91 Å². The first kappa shape index (κ1) is 18.4. The van der Waals surface area contributed by atoms with Crippen LogP contribution in [-0.4, -0.2) is 39.9 Å². The Hall–Kier alpha value is -3.59. The van der Waals surface area contributed by atoms with Crippen molar-refractivity contribution in [1.82, 2.24) is 20.3 Å². The largest absolute Gasteiger partial charge is 0.495 e. The van der Waals surface area contributed by atoms with E-state index in [1.807, 2.05) is 6.07 Å². The lowest BCUT2D eigenvalue weighted by molar-refractivity contribution is -0.117. The molecule has 0 aliphatic carbocycles. The summed E-state index contributed by atoms with van der Waals surface area (Å²) in [6.45, 7) is 0.432. The van der Waals surface area contributed by atoms with E-state index < -0.39 is 0 Å². The average molecular weight is 426 g/mol. The molecule has 1 N–H and O–H groups in total. The number of amides is 1. The van der Waals surface area contributed by atoms with E-state index >= 15 is 0 Å². The lowest BCUT2D eigenvalue weighted by Crippen LogP contribution is -2.24. The number of carbonyl (C=O) groups is 1. The van der Waals surface area contributed by atoms with Gasteiger partial charge < -0.3 is 18.6 Å². The summed E-state index contributed by atoms with van der Waals surface area (Å²) in [6.07, 6.45) is 1.86. The van der Waals surface area contributed by atoms with Gasteiger partial charge in [-0.2, -0.15) is 10.1 Å². The second kappa shape index (κ2) is 7.34. The number of rotatable bonds is 5. The molecule has 1 atom stereocenters. The fourth-order valence-corrected chi connectivity index (χ4v) is 3.70. The van der Waals surface area contributed by atoms with Gasteiger partial charge >= 0.3 is 0 Å². The highest BCUT2D eigenvalue weighted by Gasteiger charge is 2.35. The molecular formula is C20H16ClN5O4. The van der Waals surface area contributed by atoms with Crippen LogP contribution in [0.5, 0.6) is 5.75 Å². The number of aromatic amines is 1. The first-order valence-electron chi connectivity index (χ1n) is 9.19. The van der Waals surface area contributed by atoms with Gasteiger partial charge in [-0.25, -0.2) is 0 Å². The number of nitrogens with one attached hydrogen (secondary N) is 1. The van der Waals surface area contributed by atoms with Crippen LogP contribution in [0.15, 0.2) is 51.6 Å². The summed E-state index contributed by atoms with van der Waals surface area (Å²) in [5, 5.41) is 11.6. The van der Waals surface area contributed by atoms with Crippen molar-refractivity contribution < 1.29 is 18.5 Å². The third kappa shape index (κ3) is 3.22. The van der Waals surface area contributed by atoms with E-state index in [4.69, 9.17) is 25.3 Å². The smallest absolute Gasteiger partial charge is 0.275 e. The van der Waals surface area contributed by atoms with E-state index in [0.29, 0.717) is 51.9 Å². The fraction of sp³-hybridized carbons (Fsp3) is 0.200. The van der Waals surface area contributed by atoms with Crippen molar-refractivity contribution in [2.75, 3.05) is 18.6 Å². The van der Waals surface area contributed by atoms with Crippen LogP contribution >= 0.6 is 11.6 Å². The molecule has 152 valence electrons. The Morgan fingerprint density at radius 1 is 1.30 bits per heavy atom. The van der Waals surface area contributed by atoms with Crippen molar-refractivity contribution in [1.29, 1.82) is 0 Å². The molecule has 1 amide bonds. The molecule has 0 spiro atoms. The predicted octanol–water partition coefficient (Wildman–Crippen LogP) is 3.90. The first-order chi connectivity index (χ1) is 14.6. The van der Waals surface area contributed by atoms with Crippen molar-refractivity contribution in [3.05, 3.63) is 53.5 Å². The molecule has 0 saturated carbocycles. The Morgan fingerprint density at radius 3 is 2.97 bits per heavy atom. The normalized spacial score (nSPS) is 16.4. The van der Waals surface area contributed by atoms with Gasteiger partial charge in [-0.05, 0) is 30.3 Å². The molecule has 4 aromatic rings. The van der Waals surface area contributed by atoms with E-state index in [-0.39, 0.29) is 18.2 Å². The lowest BCUT2D eigenvalue weighted by atomic mass is 10.1. The van der Waals surface area contributed by atoms with Crippen LogP contribution in [0.3, 0.4) is 0 Å². The number of ether oxygens (including phenoxy) is 1. The molecule has 0 radical (unpaired) electrons. The molecule has 4 heterocycles. The highest BCUT2D eigenvalue weighted by molar-refractivity contribution is 6.32. The van der Waals surface area contributed by atoms with Crippen LogP contribution in [0, 0.1) is 0 Å². The number of carbonyl (C=O) groups excluding carboxylic acids is 1. The summed E-state index contributed by atoms with van der Waals surface area (Å²) in [4.78, 5) is 18.7. The van der Waals surface area contributed by atoms with Gasteiger partial charge in [0.25, 0.3) is 5.89 Å². The summed E-state index contributed by atoms with van der Waals surface area (Å²) < 4.78 is 15.9. The molecule has 1 aliphatic heterocycles. The Labute approximate surface area is 175 Å². The van der Waals surface area contributed by atoms with Crippen LogP contribution in [0.2, 0.25) is 5.02 Å². The zero-order valence-electron chi connectivity index (χ0n) is 15.8. The number of anilines is 1. The van der Waals surface area contributed by atoms with Crippen molar-refractivity contribution in [2.24, 2.45) is 0 Å². The average Bonchev–Trinajstić information content (AvgIpc) is 3.53. The van der Waals surface area contributed by atoms with Crippen LogP contribution in [0.1, 0.15) is 18.2 Å². The minimum atomic E-state index is -0.191. The summed E-state index contributed by atoms with van der Waals surface area (Å²) in [5.41, 5.74) is 1.91. The Balaban J connectivity index is 1.34. The third-order valence-corrected chi connectivity index (χ3v) is 5.26. The minimum Gasteiger partial charge on any atom is -0.495 e. The zero-order chi connectivity index (χ0) is 20.7. The molecular weight excluding hydrogens is 410 g/mol. The van der Waals surface area contributed by atoms with Crippen LogP contribution in [0.25, 0.3) is 23.0 Å². The molecule has 30 heavy (non-hydrogen) atoms. The van der Waals surface area contributed by atoms with Gasteiger partial charge in [-0.3, -0.25) is 9.89 Å². The van der Waals surface area contributed by atoms with E-state index in [0.717, 1.165) is 0 Å². The van der Waals surface area contributed by atoms with Crippen LogP contribution < -0.4 is 9.64 Å². The molecule has 5 rings (SSSR count). The molecule has 1 aliphatic rings. The van der Waals surface area contributed by atoms with Crippen molar-refractivity contribution in [3.8, 4) is 28.8 Å². The van der Waals surface area contributed by atoms with Gasteiger partial charge in [0.05, 0.1) is 18.4 Å². The number of hydrogen-bond acceptors (Lipinski definition) is 7. The highest BCUT2D eigenvalue weighted by atomic mass is 35.5. The Bertz CT molecular complexity index is 1200. The van der Waals surface area contributed by atoms with Gasteiger partial charge in [-0.1, -0.05) is 16.8 Å². The predicted molar refractivity (Wildman–Crippen MR) is 107 cm³/mol. The van der Waals surface area contributed by atoms with Gasteiger partial charge in [0.1, 0.15) is 17.1 Å². The number of benzene rings is 1. The maximum Gasteiger partial charge on any atom is 0.275 e. The van der Waals surface area contributed by atoms with Gasteiger partial charge in [-0.15, -0.1) is 0 Å². The summed E-state index contributed by atoms with van der Waals surface area (Å²) >= 11 is 6.20. The first-order valence-corrected chi connectivity index (χ1v) is 9.57. The maximum absolute atomic E-state index is 12.6. The van der Waals surface area contributed by atoms with Crippen molar-refractivity contribution in [2.45, 2.75) is 12.3 Å². The second-order valence-corrected chi connectivity index (χ2v) is 7.23. The van der Waals surface area contributed by atoms with Gasteiger partial charge in [0, 0.05) is 30.6 Å². The highest BCUT2D eigenvalue weighted by Crippen LogP contribution is 2.35. The molecule has 1 saturated heterocycles. The standard InChI is InChI=1S/C20H16ClN5O4/c1-28-16-5-4-12(8-13(16)21)26-10-11(7-18(26)27)19-22-20(30-25-19)15-9-14(23-24-15)17-3-2-6-29-17/h2-6,8-9,11H,7,10H2,1H3,(H,23,24). The fourth-order valence-electron chi connectivity index (χ4n) is 3.45. The topological polar surface area (TPSA) is 110 Å². The van der Waals surface area contributed by atoms with Crippen molar-refractivity contribution >= 4 is 23.2 Å². The van der Waals surface area contributed by atoms with Crippen LogP contribution in [0.4, 0.5) is 5.69 Å². The number of furan rings is 1. The number of methoxy groups -OCH3 is 1. The lowest BCUT2D eigenvalue weighted by Gasteiger charge is -2.17. The second-order valence-electron chi connectivity index (χ2n) is 6.83. The van der Waals surface area contributed by atoms with Crippen LogP contribution in [-0.2, 0) is 4.79 Å². The van der Waals surface area contributed by atoms with E-state index in [1.165, 1.54) is 0 Å². The third-order valence-electron chi connectivity index (χ3n) is 4.96. The molecule has 1 aromatic carbocycles. The summed E-state index contributed by atoms with van der Waals surface area (Å²) in [5.74, 6) is 1.73. The number of nitrogens with zero attached hydrogens (tertiary/aromatic N) is 4. The van der Waals surface area contributed by atoms with Gasteiger partial charge in [0.15, 0.2) is 11.6 Å². The number of halogens is 1. The van der Waals surface area contributed by atoms with E-state index in [9.17, 15) is 4.79 Å². The monoisotopic (exact) mass is 425 g/mol. The summed E-state index contributed by atoms with van der Waals surface area (Å²) in [6, 6.07) is 10.6. The van der Waals surface area contributed by atoms with E-state index in [2.05, 4.69) is 20.3 Å². The zero-order valence-corrected chi connectivity index (χ0v) is 16.6. The SMILES string of the molecule is COc1ccc(N2CC(c3noc(-c4cc(-c5ccco5)n[nH]4)n3)CC2=O)cc1Cl. The van der Waals surface area contributed by atoms with Crippen molar-refractivity contribution in [3.63, 3.8) is 0 Å². The minimum absolute atomic E-state index is 0.0331. The molecule has 0 bridgehead atoms. The molecule has 1 unspecified atom stereocenters. The maximum atomic E-state index is 12.6. The molecule has 3 aromatic heterocycles. The Morgan fingerprint density at radius 2 is 2.20 bits per heavy atom. The Kier molecular flexibility index (Phi) is 4.51.